The van der Waals surface area contributed by atoms with Crippen LogP contribution in [0.1, 0.15) is 115 Å². The van der Waals surface area contributed by atoms with Crippen LogP contribution in [0.5, 0.6) is 0 Å². The largest absolute Gasteiger partial charge is 0.342 e. The normalized spacial score (nSPS) is 21.9. The van der Waals surface area contributed by atoms with Crippen LogP contribution in [0.2, 0.25) is 0 Å². The molecule has 3 amide bonds. The molecule has 0 aromatic carbocycles. The van der Waals surface area contributed by atoms with Gasteiger partial charge in [-0.1, -0.05) is 53.4 Å². The van der Waals surface area contributed by atoms with Crippen LogP contribution < -0.4 is 10.6 Å². The number of carbonyl (C=O) groups excluding carboxylic acids is 6. The fraction of sp³-hybridized carbons (Fsp3) is 0.722. The minimum absolute atomic E-state index is 0.00635. The van der Waals surface area contributed by atoms with Gasteiger partial charge in [0.15, 0.2) is 11.6 Å². The van der Waals surface area contributed by atoms with Gasteiger partial charge in [0.05, 0.1) is 12.2 Å². The highest BCUT2D eigenvalue weighted by molar-refractivity contribution is 6.38. The van der Waals surface area contributed by atoms with Crippen molar-refractivity contribution in [3.63, 3.8) is 0 Å². The lowest BCUT2D eigenvalue weighted by Gasteiger charge is -2.38. The second kappa shape index (κ2) is 16.8. The molecular weight excluding hydrogens is 636 g/mol. The van der Waals surface area contributed by atoms with E-state index in [0.717, 1.165) is 44.9 Å². The minimum Gasteiger partial charge on any atom is -0.342 e. The first-order valence-corrected chi connectivity index (χ1v) is 17.8. The summed E-state index contributed by atoms with van der Waals surface area (Å²) >= 11 is 0. The lowest BCUT2D eigenvalue weighted by atomic mass is 9.81. The number of likely N-dealkylation sites (tertiary alicyclic amines) is 1. The summed E-state index contributed by atoms with van der Waals surface area (Å²) in [7, 11) is 0. The molecule has 5 atom stereocenters. The molecule has 2 saturated carbocycles. The van der Waals surface area contributed by atoms with Gasteiger partial charge >= 0.3 is 0 Å². The third-order valence-electron chi connectivity index (χ3n) is 10.3. The summed E-state index contributed by atoms with van der Waals surface area (Å²) in [6, 6.07) is -3.03. The molecule has 49 heavy (non-hydrogen) atoms. The number of amides is 3. The number of alkyl halides is 2. The Bertz CT molecular complexity index is 1360. The van der Waals surface area contributed by atoms with E-state index in [-0.39, 0.29) is 36.4 Å². The smallest absolute Gasteiger partial charge is 0.272 e. The number of nitrogens with one attached hydrogen (secondary N) is 2. The van der Waals surface area contributed by atoms with E-state index >= 15 is 0 Å². The van der Waals surface area contributed by atoms with E-state index in [1.165, 1.54) is 23.5 Å². The number of rotatable bonds is 16. The predicted molar refractivity (Wildman–Crippen MR) is 176 cm³/mol. The van der Waals surface area contributed by atoms with Crippen LogP contribution in [0, 0.1) is 29.1 Å². The molecule has 11 nitrogen and oxygen atoms in total. The Morgan fingerprint density at radius 1 is 0.959 bits per heavy atom. The molecule has 13 heteroatoms. The zero-order valence-corrected chi connectivity index (χ0v) is 29.1. The van der Waals surface area contributed by atoms with E-state index in [2.05, 4.69) is 20.6 Å². The van der Waals surface area contributed by atoms with Crippen molar-refractivity contribution in [1.82, 2.24) is 25.5 Å². The number of aromatic nitrogens is 2. The van der Waals surface area contributed by atoms with Gasteiger partial charge in [0.2, 0.25) is 24.0 Å². The van der Waals surface area contributed by atoms with E-state index in [0.29, 0.717) is 12.8 Å². The number of carbonyl (C=O) groups is 6. The van der Waals surface area contributed by atoms with Gasteiger partial charge in [-0.25, -0.2) is 13.8 Å². The second-order valence-electron chi connectivity index (χ2n) is 15.1. The molecular formula is C36H51F2N5O6. The van der Waals surface area contributed by atoms with Gasteiger partial charge in [0, 0.05) is 44.1 Å². The first-order chi connectivity index (χ1) is 23.2. The van der Waals surface area contributed by atoms with Crippen LogP contribution in [0.3, 0.4) is 0 Å². The first kappa shape index (κ1) is 38.2. The summed E-state index contributed by atoms with van der Waals surface area (Å²) < 4.78 is 27.2. The van der Waals surface area contributed by atoms with Crippen molar-refractivity contribution >= 4 is 35.1 Å². The lowest BCUT2D eigenvalue weighted by Crippen LogP contribution is -2.61. The summed E-state index contributed by atoms with van der Waals surface area (Å²) in [5.41, 5.74) is -0.762. The van der Waals surface area contributed by atoms with Gasteiger partial charge in [-0.15, -0.1) is 0 Å². The maximum absolute atomic E-state index is 14.4. The van der Waals surface area contributed by atoms with Gasteiger partial charge in [-0.05, 0) is 55.3 Å². The van der Waals surface area contributed by atoms with E-state index in [4.69, 9.17) is 0 Å². The van der Waals surface area contributed by atoms with Crippen molar-refractivity contribution in [1.29, 1.82) is 0 Å². The zero-order chi connectivity index (χ0) is 35.9. The Morgan fingerprint density at radius 3 is 2.22 bits per heavy atom. The zero-order valence-electron chi connectivity index (χ0n) is 29.1. The van der Waals surface area contributed by atoms with E-state index in [1.807, 2.05) is 6.92 Å². The van der Waals surface area contributed by atoms with Gasteiger partial charge < -0.3 is 15.5 Å². The molecule has 0 bridgehead atoms. The molecule has 2 N–H and O–H groups in total. The van der Waals surface area contributed by atoms with Crippen molar-refractivity contribution < 1.29 is 37.5 Å². The van der Waals surface area contributed by atoms with Crippen molar-refractivity contribution in [2.24, 2.45) is 29.1 Å². The van der Waals surface area contributed by atoms with Gasteiger partial charge in [-0.3, -0.25) is 33.8 Å². The van der Waals surface area contributed by atoms with Crippen LogP contribution in [-0.2, 0) is 24.0 Å². The number of nitrogens with zero attached hydrogens (tertiary/aromatic N) is 3. The maximum Gasteiger partial charge on any atom is 0.272 e. The molecule has 1 saturated heterocycles. The summed E-state index contributed by atoms with van der Waals surface area (Å²) in [4.78, 5) is 90.4. The quantitative estimate of drug-likeness (QED) is 0.241. The highest BCUT2D eigenvalue weighted by atomic mass is 19.3. The average molecular weight is 688 g/mol. The number of halogens is 2. The van der Waals surface area contributed by atoms with Crippen LogP contribution in [0.4, 0.5) is 8.78 Å². The Kier molecular flexibility index (Phi) is 13.1. The van der Waals surface area contributed by atoms with Gasteiger partial charge in [0.1, 0.15) is 17.8 Å². The number of Topliss-reactive ketones (excluding diaryl/α,β-unsaturated/α-hetero) is 3. The molecule has 4 rings (SSSR count). The molecule has 2 aliphatic carbocycles. The van der Waals surface area contributed by atoms with Gasteiger partial charge in [0.25, 0.3) is 5.91 Å². The maximum atomic E-state index is 14.4. The monoisotopic (exact) mass is 687 g/mol. The molecule has 1 unspecified atom stereocenters. The highest BCUT2D eigenvalue weighted by Crippen LogP contribution is 2.35. The van der Waals surface area contributed by atoms with Crippen molar-refractivity contribution in [3.05, 3.63) is 24.3 Å². The van der Waals surface area contributed by atoms with Crippen LogP contribution >= 0.6 is 0 Å². The second-order valence-corrected chi connectivity index (χ2v) is 15.1. The van der Waals surface area contributed by atoms with Crippen molar-refractivity contribution in [2.45, 2.75) is 129 Å². The van der Waals surface area contributed by atoms with E-state index in [9.17, 15) is 37.5 Å². The average Bonchev–Trinajstić information content (AvgIpc) is 3.78. The highest BCUT2D eigenvalue weighted by Gasteiger charge is 2.47. The molecule has 270 valence electrons. The minimum atomic E-state index is -2.88. The summed E-state index contributed by atoms with van der Waals surface area (Å²) in [5, 5.41) is 5.74. The predicted octanol–water partition coefficient (Wildman–Crippen LogP) is 4.48. The fourth-order valence-electron chi connectivity index (χ4n) is 7.28. The van der Waals surface area contributed by atoms with E-state index < -0.39 is 83.8 Å². The molecule has 1 aromatic heterocycles. The third kappa shape index (κ3) is 10.2. The number of hydrogen-bond donors (Lipinski definition) is 2. The Labute approximate surface area is 287 Å². The van der Waals surface area contributed by atoms with Crippen molar-refractivity contribution in [3.8, 4) is 0 Å². The number of ketones is 3. The fourth-order valence-corrected chi connectivity index (χ4v) is 7.28. The molecule has 3 fully saturated rings. The van der Waals surface area contributed by atoms with Crippen LogP contribution in [0.15, 0.2) is 18.6 Å². The molecule has 0 spiro atoms. The molecule has 0 radical (unpaired) electrons. The topological polar surface area (TPSA) is 156 Å². The Balaban J connectivity index is 1.55. The standard InChI is InChI=1S/C36H51F2N5O6/c1-5-22-13-16-43(30(22)26(44)18-24(19-28(37)38)31(46)27(45)17-21-11-12-21)35(49)32(36(2,3)4)42-34(48)29(23-9-7-6-8-10-23)41-33(47)25-20-39-14-15-40-25/h14-15,20-24,28-30,32H,5-13,16-19H2,1-4H3,(H,41,47)(H,42,48)/t22-,24?,29-,30-,32+/m0/s1. The molecule has 1 aliphatic heterocycles. The van der Waals surface area contributed by atoms with Crippen molar-refractivity contribution in [2.75, 3.05) is 6.54 Å². The first-order valence-electron chi connectivity index (χ1n) is 17.8. The Hall–Kier alpha value is -3.64. The number of hydrogen-bond acceptors (Lipinski definition) is 8. The summed E-state index contributed by atoms with van der Waals surface area (Å²) in [6.07, 6.45) is 6.68. The molecule has 3 aliphatic rings. The molecule has 2 heterocycles. The third-order valence-corrected chi connectivity index (χ3v) is 10.3. The van der Waals surface area contributed by atoms with Crippen LogP contribution in [0.25, 0.3) is 0 Å². The van der Waals surface area contributed by atoms with Crippen LogP contribution in [-0.4, -0.2) is 81.0 Å². The van der Waals surface area contributed by atoms with E-state index in [1.54, 1.807) is 20.8 Å². The lowest BCUT2D eigenvalue weighted by molar-refractivity contribution is -0.146. The molecule has 1 aromatic rings. The Morgan fingerprint density at radius 2 is 1.65 bits per heavy atom. The summed E-state index contributed by atoms with van der Waals surface area (Å²) in [6.45, 7) is 7.45. The summed E-state index contributed by atoms with van der Waals surface area (Å²) in [5.74, 6) is -5.59. The van der Waals surface area contributed by atoms with Gasteiger partial charge in [-0.2, -0.15) is 0 Å². The SMILES string of the molecule is CC[C@H]1CCN(C(=O)[C@@H](NC(=O)[C@@H](NC(=O)c2cnccn2)C2CCCCC2)C(C)(C)C)[C@@H]1C(=O)CC(CC(F)F)C(=O)C(=O)CC1CC1.